The zero-order valence-electron chi connectivity index (χ0n) is 20.7. The molecule has 0 aromatic heterocycles. The summed E-state index contributed by atoms with van der Waals surface area (Å²) in [7, 11) is 1.63. The van der Waals surface area contributed by atoms with Crippen LogP contribution in [0.2, 0.25) is 0 Å². The van der Waals surface area contributed by atoms with E-state index in [0.717, 1.165) is 55.4 Å². The molecule has 0 aliphatic rings. The van der Waals surface area contributed by atoms with Gasteiger partial charge in [0.05, 0.1) is 6.61 Å². The molecule has 3 rings (SSSR count). The molecular formula is C29H32F4O3. The average molecular weight is 505 g/mol. The Balaban J connectivity index is 1.62. The molecule has 0 aliphatic heterocycles. The van der Waals surface area contributed by atoms with Crippen LogP contribution in [0.15, 0.2) is 60.7 Å². The third-order valence-electron chi connectivity index (χ3n) is 5.79. The molecule has 0 radical (unpaired) electrons. The standard InChI is InChI=1S/C29H32F4O3/c1-3-8-21-9-11-22(12-10-21)23-13-15-24(16-14-23)36-29(32,33)25-17-18-26(28(31)27(25)30)35-20-7-5-4-6-19-34-2/h9-18H,3-8,19-20H2,1-2H3. The van der Waals surface area contributed by atoms with Gasteiger partial charge in [-0.3, -0.25) is 0 Å². The van der Waals surface area contributed by atoms with Crippen LogP contribution in [0.3, 0.4) is 0 Å². The van der Waals surface area contributed by atoms with Gasteiger partial charge in [0.2, 0.25) is 5.82 Å². The fourth-order valence-electron chi connectivity index (χ4n) is 3.82. The third kappa shape index (κ3) is 7.47. The van der Waals surface area contributed by atoms with Crippen molar-refractivity contribution in [3.05, 3.63) is 83.4 Å². The Hall–Kier alpha value is -3.06. The van der Waals surface area contributed by atoms with Gasteiger partial charge in [-0.2, -0.15) is 13.2 Å². The number of rotatable bonds is 14. The molecule has 0 aliphatic carbocycles. The minimum absolute atomic E-state index is 0.156. The second kappa shape index (κ2) is 13.3. The summed E-state index contributed by atoms with van der Waals surface area (Å²) in [4.78, 5) is 0. The van der Waals surface area contributed by atoms with Crippen LogP contribution in [0.25, 0.3) is 11.1 Å². The van der Waals surface area contributed by atoms with Crippen molar-refractivity contribution in [3.8, 4) is 22.6 Å². The minimum Gasteiger partial charge on any atom is -0.490 e. The first kappa shape index (κ1) is 27.5. The molecule has 3 nitrogen and oxygen atoms in total. The van der Waals surface area contributed by atoms with Gasteiger partial charge in [-0.05, 0) is 66.6 Å². The molecule has 0 amide bonds. The van der Waals surface area contributed by atoms with Gasteiger partial charge >= 0.3 is 6.11 Å². The lowest BCUT2D eigenvalue weighted by Crippen LogP contribution is -2.24. The smallest absolute Gasteiger partial charge is 0.429 e. The SMILES string of the molecule is CCCc1ccc(-c2ccc(OC(F)(F)c3ccc(OCCCCCCOC)c(F)c3F)cc2)cc1. The summed E-state index contributed by atoms with van der Waals surface area (Å²) in [5, 5.41) is 0. The van der Waals surface area contributed by atoms with Gasteiger partial charge in [-0.1, -0.05) is 56.2 Å². The number of aryl methyl sites for hydroxylation is 1. The van der Waals surface area contributed by atoms with Crippen LogP contribution in [0.5, 0.6) is 11.5 Å². The summed E-state index contributed by atoms with van der Waals surface area (Å²) in [5.41, 5.74) is 1.80. The summed E-state index contributed by atoms with van der Waals surface area (Å²) in [6.45, 7) is 2.93. The largest absolute Gasteiger partial charge is 0.490 e. The summed E-state index contributed by atoms with van der Waals surface area (Å²) in [6.07, 6.45) is 1.25. The van der Waals surface area contributed by atoms with Crippen molar-refractivity contribution in [1.29, 1.82) is 0 Å². The first-order valence-corrected chi connectivity index (χ1v) is 12.2. The quantitative estimate of drug-likeness (QED) is 0.163. The van der Waals surface area contributed by atoms with Crippen molar-refractivity contribution < 1.29 is 31.8 Å². The van der Waals surface area contributed by atoms with E-state index in [1.165, 1.54) is 17.7 Å². The van der Waals surface area contributed by atoms with Crippen LogP contribution in [0.1, 0.15) is 50.2 Å². The van der Waals surface area contributed by atoms with Crippen LogP contribution < -0.4 is 9.47 Å². The number of methoxy groups -OCH3 is 1. The van der Waals surface area contributed by atoms with E-state index in [9.17, 15) is 17.6 Å². The Bertz CT molecular complexity index is 1080. The average Bonchev–Trinajstić information content (AvgIpc) is 2.87. The Kier molecular flexibility index (Phi) is 10.2. The van der Waals surface area contributed by atoms with E-state index in [0.29, 0.717) is 13.0 Å². The molecule has 0 N–H and O–H groups in total. The maximum atomic E-state index is 14.7. The lowest BCUT2D eigenvalue weighted by molar-refractivity contribution is -0.187. The summed E-state index contributed by atoms with van der Waals surface area (Å²) < 4.78 is 73.4. The highest BCUT2D eigenvalue weighted by Gasteiger charge is 2.39. The normalized spacial score (nSPS) is 11.5. The topological polar surface area (TPSA) is 27.7 Å². The van der Waals surface area contributed by atoms with Crippen LogP contribution in [0.4, 0.5) is 17.6 Å². The molecule has 0 fully saturated rings. The number of halogens is 4. The molecule has 36 heavy (non-hydrogen) atoms. The van der Waals surface area contributed by atoms with E-state index in [4.69, 9.17) is 14.2 Å². The van der Waals surface area contributed by atoms with E-state index < -0.39 is 29.1 Å². The monoisotopic (exact) mass is 504 g/mol. The second-order valence-electron chi connectivity index (χ2n) is 8.58. The lowest BCUT2D eigenvalue weighted by atomic mass is 10.0. The number of hydrogen-bond acceptors (Lipinski definition) is 3. The molecule has 0 bridgehead atoms. The zero-order valence-corrected chi connectivity index (χ0v) is 20.7. The van der Waals surface area contributed by atoms with Gasteiger partial charge in [0.25, 0.3) is 0 Å². The van der Waals surface area contributed by atoms with Crippen molar-refractivity contribution in [1.82, 2.24) is 0 Å². The van der Waals surface area contributed by atoms with Crippen molar-refractivity contribution >= 4 is 0 Å². The molecule has 0 atom stereocenters. The van der Waals surface area contributed by atoms with E-state index in [1.54, 1.807) is 19.2 Å². The Morgan fingerprint density at radius 3 is 1.94 bits per heavy atom. The molecule has 0 saturated carbocycles. The maximum absolute atomic E-state index is 14.7. The fourth-order valence-corrected chi connectivity index (χ4v) is 3.82. The zero-order chi connectivity index (χ0) is 26.0. The van der Waals surface area contributed by atoms with Gasteiger partial charge in [0.1, 0.15) is 11.3 Å². The Morgan fingerprint density at radius 2 is 1.33 bits per heavy atom. The van der Waals surface area contributed by atoms with Crippen LogP contribution in [-0.2, 0) is 17.3 Å². The highest BCUT2D eigenvalue weighted by molar-refractivity contribution is 5.64. The number of unbranched alkanes of at least 4 members (excludes halogenated alkanes) is 3. The predicted molar refractivity (Wildman–Crippen MR) is 133 cm³/mol. The molecule has 0 spiro atoms. The van der Waals surface area contributed by atoms with Crippen molar-refractivity contribution in [2.24, 2.45) is 0 Å². The number of hydrogen-bond donors (Lipinski definition) is 0. The molecule has 7 heteroatoms. The number of benzene rings is 3. The van der Waals surface area contributed by atoms with E-state index in [-0.39, 0.29) is 12.4 Å². The molecule has 3 aromatic rings. The lowest BCUT2D eigenvalue weighted by Gasteiger charge is -2.20. The summed E-state index contributed by atoms with van der Waals surface area (Å²) >= 11 is 0. The molecule has 0 saturated heterocycles. The minimum atomic E-state index is -4.08. The fraction of sp³-hybridized carbons (Fsp3) is 0.379. The highest BCUT2D eigenvalue weighted by Crippen LogP contribution is 2.36. The molecule has 0 heterocycles. The highest BCUT2D eigenvalue weighted by atomic mass is 19.3. The van der Waals surface area contributed by atoms with Crippen LogP contribution in [0, 0.1) is 11.6 Å². The predicted octanol–water partition coefficient (Wildman–Crippen LogP) is 8.30. The van der Waals surface area contributed by atoms with Crippen molar-refractivity contribution in [2.75, 3.05) is 20.3 Å². The molecule has 0 unspecified atom stereocenters. The van der Waals surface area contributed by atoms with Crippen LogP contribution >= 0.6 is 0 Å². The molecule has 3 aromatic carbocycles. The van der Waals surface area contributed by atoms with E-state index in [2.05, 4.69) is 6.92 Å². The Morgan fingerprint density at radius 1 is 0.722 bits per heavy atom. The summed E-state index contributed by atoms with van der Waals surface area (Å²) in [5.74, 6) is -3.73. The maximum Gasteiger partial charge on any atom is 0.429 e. The number of alkyl halides is 2. The number of ether oxygens (including phenoxy) is 3. The first-order chi connectivity index (χ1) is 17.4. The van der Waals surface area contributed by atoms with Gasteiger partial charge < -0.3 is 14.2 Å². The van der Waals surface area contributed by atoms with Gasteiger partial charge in [0, 0.05) is 13.7 Å². The second-order valence-corrected chi connectivity index (χ2v) is 8.58. The van der Waals surface area contributed by atoms with Gasteiger partial charge in [0.15, 0.2) is 11.6 Å². The van der Waals surface area contributed by atoms with Crippen LogP contribution in [-0.4, -0.2) is 20.3 Å². The third-order valence-corrected chi connectivity index (χ3v) is 5.79. The van der Waals surface area contributed by atoms with E-state index in [1.807, 2.05) is 24.3 Å². The first-order valence-electron chi connectivity index (χ1n) is 12.2. The Labute approximate surface area is 210 Å². The van der Waals surface area contributed by atoms with Gasteiger partial charge in [-0.15, -0.1) is 0 Å². The summed E-state index contributed by atoms with van der Waals surface area (Å²) in [6, 6.07) is 15.8. The van der Waals surface area contributed by atoms with Gasteiger partial charge in [-0.25, -0.2) is 4.39 Å². The molecule has 194 valence electrons. The molecular weight excluding hydrogens is 472 g/mol. The van der Waals surface area contributed by atoms with Crippen molar-refractivity contribution in [2.45, 2.75) is 51.6 Å². The van der Waals surface area contributed by atoms with Crippen molar-refractivity contribution in [3.63, 3.8) is 0 Å². The van der Waals surface area contributed by atoms with E-state index >= 15 is 0 Å².